The van der Waals surface area contributed by atoms with Crippen LogP contribution in [0.2, 0.25) is 0 Å². The Kier molecular flexibility index (Phi) is 7.40. The summed E-state index contributed by atoms with van der Waals surface area (Å²) < 4.78 is 27.0. The maximum atomic E-state index is 12.3. The van der Waals surface area contributed by atoms with Crippen LogP contribution in [0, 0.1) is 0 Å². The number of hydrogen-bond acceptors (Lipinski definition) is 4. The van der Waals surface area contributed by atoms with Crippen molar-refractivity contribution < 1.29 is 13.2 Å². The lowest BCUT2D eigenvalue weighted by Gasteiger charge is -2.19. The summed E-state index contributed by atoms with van der Waals surface area (Å²) in [5, 5.41) is 2.89. The summed E-state index contributed by atoms with van der Waals surface area (Å²) in [5.41, 5.74) is 0.363. The van der Waals surface area contributed by atoms with Crippen molar-refractivity contribution in [1.29, 1.82) is 0 Å². The van der Waals surface area contributed by atoms with Gasteiger partial charge in [0, 0.05) is 24.7 Å². The minimum Gasteiger partial charge on any atom is -0.351 e. The number of likely N-dealkylation sites (tertiary alicyclic amines) is 1. The largest absolute Gasteiger partial charge is 0.351 e. The highest BCUT2D eigenvalue weighted by Gasteiger charge is 2.17. The van der Waals surface area contributed by atoms with Crippen LogP contribution in [0.15, 0.2) is 29.2 Å². The lowest BCUT2D eigenvalue weighted by Crippen LogP contribution is -2.35. The highest BCUT2D eigenvalue weighted by atomic mass is 32.2. The quantitative estimate of drug-likeness (QED) is 0.772. The molecule has 2 rings (SSSR count). The molecular formula is C18H29N3O3S. The summed E-state index contributed by atoms with van der Waals surface area (Å²) in [6.07, 6.45) is 5.01. The fourth-order valence-electron chi connectivity index (χ4n) is 2.97. The lowest BCUT2D eigenvalue weighted by molar-refractivity contribution is 0.0948. The van der Waals surface area contributed by atoms with E-state index >= 15 is 0 Å². The molecule has 0 atom stereocenters. The van der Waals surface area contributed by atoms with Gasteiger partial charge in [0.1, 0.15) is 0 Å². The number of carbonyl (C=O) groups excluding carboxylic acids is 1. The van der Waals surface area contributed by atoms with Crippen LogP contribution in [0.1, 0.15) is 49.9 Å². The summed E-state index contributed by atoms with van der Waals surface area (Å²) >= 11 is 0. The highest BCUT2D eigenvalue weighted by molar-refractivity contribution is 7.89. The zero-order valence-electron chi connectivity index (χ0n) is 15.1. The molecule has 0 aromatic heterocycles. The Hall–Kier alpha value is -1.44. The van der Waals surface area contributed by atoms with E-state index in [1.54, 1.807) is 26.0 Å². The van der Waals surface area contributed by atoms with E-state index in [4.69, 9.17) is 0 Å². The van der Waals surface area contributed by atoms with E-state index in [9.17, 15) is 13.2 Å². The maximum Gasteiger partial charge on any atom is 0.251 e. The van der Waals surface area contributed by atoms with E-state index in [-0.39, 0.29) is 16.8 Å². The molecule has 25 heavy (non-hydrogen) atoms. The van der Waals surface area contributed by atoms with Crippen LogP contribution in [0.3, 0.4) is 0 Å². The Morgan fingerprint density at radius 1 is 1.16 bits per heavy atom. The van der Waals surface area contributed by atoms with Crippen LogP contribution in [0.25, 0.3) is 0 Å². The number of hydrogen-bond donors (Lipinski definition) is 2. The third-order valence-electron chi connectivity index (χ3n) is 4.21. The Bertz CT molecular complexity index is 666. The molecule has 1 saturated heterocycles. The summed E-state index contributed by atoms with van der Waals surface area (Å²) in [6, 6.07) is 5.95. The molecule has 0 unspecified atom stereocenters. The van der Waals surface area contributed by atoms with Gasteiger partial charge in [-0.05, 0) is 58.0 Å². The molecule has 0 spiro atoms. The molecular weight excluding hydrogens is 338 g/mol. The van der Waals surface area contributed by atoms with Gasteiger partial charge < -0.3 is 10.2 Å². The van der Waals surface area contributed by atoms with Crippen LogP contribution in [0.5, 0.6) is 0 Å². The minimum atomic E-state index is -3.60. The van der Waals surface area contributed by atoms with E-state index in [0.717, 1.165) is 19.6 Å². The molecule has 1 heterocycles. The van der Waals surface area contributed by atoms with Gasteiger partial charge in [-0.25, -0.2) is 13.1 Å². The molecule has 2 N–H and O–H groups in total. The van der Waals surface area contributed by atoms with E-state index in [2.05, 4.69) is 14.9 Å². The van der Waals surface area contributed by atoms with Crippen molar-refractivity contribution in [2.24, 2.45) is 0 Å². The normalized spacial score (nSPS) is 16.6. The Morgan fingerprint density at radius 3 is 2.48 bits per heavy atom. The van der Waals surface area contributed by atoms with Crippen molar-refractivity contribution in [1.82, 2.24) is 14.9 Å². The Morgan fingerprint density at radius 2 is 1.84 bits per heavy atom. The van der Waals surface area contributed by atoms with Gasteiger partial charge in [-0.15, -0.1) is 0 Å². The maximum absolute atomic E-state index is 12.3. The fourth-order valence-corrected chi connectivity index (χ4v) is 4.27. The molecule has 1 fully saturated rings. The van der Waals surface area contributed by atoms with Crippen molar-refractivity contribution in [3.05, 3.63) is 29.8 Å². The molecule has 0 bridgehead atoms. The van der Waals surface area contributed by atoms with Crippen molar-refractivity contribution >= 4 is 15.9 Å². The number of sulfonamides is 1. The monoisotopic (exact) mass is 367 g/mol. The lowest BCUT2D eigenvalue weighted by atomic mass is 10.2. The predicted octanol–water partition coefficient (Wildman–Crippen LogP) is 1.98. The number of nitrogens with zero attached hydrogens (tertiary/aromatic N) is 1. The van der Waals surface area contributed by atoms with E-state index in [0.29, 0.717) is 12.1 Å². The van der Waals surface area contributed by atoms with Crippen LogP contribution < -0.4 is 10.0 Å². The first-order valence-electron chi connectivity index (χ1n) is 9.01. The number of amides is 1. The first-order valence-corrected chi connectivity index (χ1v) is 10.5. The average molecular weight is 368 g/mol. The van der Waals surface area contributed by atoms with Crippen molar-refractivity contribution in [2.75, 3.05) is 26.2 Å². The molecule has 1 aromatic carbocycles. The van der Waals surface area contributed by atoms with Crippen LogP contribution in [-0.4, -0.2) is 51.4 Å². The number of carbonyl (C=O) groups is 1. The van der Waals surface area contributed by atoms with E-state index < -0.39 is 10.0 Å². The second kappa shape index (κ2) is 9.31. The van der Waals surface area contributed by atoms with Gasteiger partial charge in [0.25, 0.3) is 5.91 Å². The highest BCUT2D eigenvalue weighted by Crippen LogP contribution is 2.12. The standard InChI is InChI=1S/C18H29N3O3S/c1-15(2)20-25(23,24)17-9-7-8-16(14-17)18(22)19-10-13-21-11-5-3-4-6-12-21/h7-9,14-15,20H,3-6,10-13H2,1-2H3,(H,19,22). The topological polar surface area (TPSA) is 78.5 Å². The zero-order valence-corrected chi connectivity index (χ0v) is 15.9. The fraction of sp³-hybridized carbons (Fsp3) is 0.611. The number of benzene rings is 1. The Balaban J connectivity index is 1.92. The van der Waals surface area contributed by atoms with Crippen LogP contribution in [-0.2, 0) is 10.0 Å². The van der Waals surface area contributed by atoms with Gasteiger partial charge in [-0.3, -0.25) is 4.79 Å². The summed E-state index contributed by atoms with van der Waals surface area (Å²) in [6.45, 7) is 7.10. The van der Waals surface area contributed by atoms with Crippen molar-refractivity contribution in [3.63, 3.8) is 0 Å². The molecule has 1 aromatic rings. The van der Waals surface area contributed by atoms with E-state index in [1.165, 1.54) is 37.8 Å². The summed E-state index contributed by atoms with van der Waals surface area (Å²) in [7, 11) is -3.60. The van der Waals surface area contributed by atoms with Crippen molar-refractivity contribution in [2.45, 2.75) is 50.5 Å². The molecule has 0 saturated carbocycles. The van der Waals surface area contributed by atoms with E-state index in [1.807, 2.05) is 0 Å². The smallest absolute Gasteiger partial charge is 0.251 e. The van der Waals surface area contributed by atoms with Gasteiger partial charge >= 0.3 is 0 Å². The Labute approximate surface area is 151 Å². The zero-order chi connectivity index (χ0) is 18.3. The first kappa shape index (κ1) is 19.9. The van der Waals surface area contributed by atoms with Crippen LogP contribution >= 0.6 is 0 Å². The summed E-state index contributed by atoms with van der Waals surface area (Å²) in [5.74, 6) is -0.239. The molecule has 0 aliphatic carbocycles. The second-order valence-electron chi connectivity index (χ2n) is 6.82. The predicted molar refractivity (Wildman–Crippen MR) is 99.1 cm³/mol. The molecule has 7 heteroatoms. The van der Waals surface area contributed by atoms with Gasteiger partial charge in [-0.2, -0.15) is 0 Å². The molecule has 140 valence electrons. The van der Waals surface area contributed by atoms with Crippen molar-refractivity contribution in [3.8, 4) is 0 Å². The molecule has 0 radical (unpaired) electrons. The molecule has 1 aliphatic heterocycles. The summed E-state index contributed by atoms with van der Waals surface area (Å²) in [4.78, 5) is 14.8. The van der Waals surface area contributed by atoms with Gasteiger partial charge in [0.2, 0.25) is 10.0 Å². The molecule has 1 amide bonds. The SMILES string of the molecule is CC(C)NS(=O)(=O)c1cccc(C(=O)NCCN2CCCCCC2)c1. The molecule has 1 aliphatic rings. The number of nitrogens with one attached hydrogen (secondary N) is 2. The third kappa shape index (κ3) is 6.41. The van der Waals surface area contributed by atoms with Crippen LogP contribution in [0.4, 0.5) is 0 Å². The van der Waals surface area contributed by atoms with Gasteiger partial charge in [0.05, 0.1) is 4.90 Å². The minimum absolute atomic E-state index is 0.112. The van der Waals surface area contributed by atoms with Gasteiger partial charge in [-0.1, -0.05) is 18.9 Å². The average Bonchev–Trinajstić information content (AvgIpc) is 2.82. The third-order valence-corrected chi connectivity index (χ3v) is 5.87. The van der Waals surface area contributed by atoms with Gasteiger partial charge in [0.15, 0.2) is 0 Å². The second-order valence-corrected chi connectivity index (χ2v) is 8.53. The number of rotatable bonds is 7. The first-order chi connectivity index (χ1) is 11.9. The molecule has 6 nitrogen and oxygen atoms in total.